The second kappa shape index (κ2) is 4.85. The van der Waals surface area contributed by atoms with Crippen molar-refractivity contribution >= 4 is 0 Å². The van der Waals surface area contributed by atoms with E-state index in [1.807, 2.05) is 19.9 Å². The summed E-state index contributed by atoms with van der Waals surface area (Å²) in [7, 11) is 0. The Labute approximate surface area is 99.0 Å². The number of furan rings is 1. The van der Waals surface area contributed by atoms with Crippen molar-refractivity contribution in [1.82, 2.24) is 10.5 Å². The molecule has 0 spiro atoms. The third-order valence-electron chi connectivity index (χ3n) is 2.55. The Balaban J connectivity index is 1.90. The molecule has 0 radical (unpaired) electrons. The summed E-state index contributed by atoms with van der Waals surface area (Å²) in [6.07, 6.45) is 0. The van der Waals surface area contributed by atoms with Crippen molar-refractivity contribution in [2.24, 2.45) is 0 Å². The molecular weight excluding hydrogens is 218 g/mol. The van der Waals surface area contributed by atoms with Crippen molar-refractivity contribution in [3.05, 3.63) is 40.7 Å². The van der Waals surface area contributed by atoms with Crippen LogP contribution in [0.1, 0.15) is 28.5 Å². The standard InChI is InChI=1S/C12H13N3O2/c1-8-12(9(2)17-15-8)7-14-6-11-4-3-10(5-13)16-11/h3-4,14H,6-7H2,1-2H3. The Morgan fingerprint density at radius 3 is 2.76 bits per heavy atom. The molecule has 5 nitrogen and oxygen atoms in total. The van der Waals surface area contributed by atoms with Crippen molar-refractivity contribution in [1.29, 1.82) is 5.26 Å². The third kappa shape index (κ3) is 2.55. The molecule has 0 unspecified atom stereocenters. The van der Waals surface area contributed by atoms with Crippen LogP contribution in [0, 0.1) is 25.2 Å². The average molecular weight is 231 g/mol. The van der Waals surface area contributed by atoms with Gasteiger partial charge in [-0.2, -0.15) is 5.26 Å². The molecule has 0 amide bonds. The van der Waals surface area contributed by atoms with Crippen LogP contribution in [0.15, 0.2) is 21.1 Å². The lowest BCUT2D eigenvalue weighted by Crippen LogP contribution is -2.13. The summed E-state index contributed by atoms with van der Waals surface area (Å²) in [6, 6.07) is 5.40. The minimum absolute atomic E-state index is 0.333. The van der Waals surface area contributed by atoms with E-state index in [0.29, 0.717) is 18.8 Å². The first-order valence-corrected chi connectivity index (χ1v) is 5.32. The Kier molecular flexibility index (Phi) is 3.26. The number of aromatic nitrogens is 1. The number of nitrogens with zero attached hydrogens (tertiary/aromatic N) is 2. The van der Waals surface area contributed by atoms with E-state index in [-0.39, 0.29) is 0 Å². The van der Waals surface area contributed by atoms with Crippen molar-refractivity contribution in [2.75, 3.05) is 0 Å². The van der Waals surface area contributed by atoms with Gasteiger partial charge in [0.2, 0.25) is 5.76 Å². The summed E-state index contributed by atoms with van der Waals surface area (Å²) in [5.74, 6) is 1.90. The van der Waals surface area contributed by atoms with Gasteiger partial charge in [-0.3, -0.25) is 0 Å². The van der Waals surface area contributed by atoms with Crippen molar-refractivity contribution < 1.29 is 8.94 Å². The molecule has 0 bridgehead atoms. The summed E-state index contributed by atoms with van der Waals surface area (Å²) in [4.78, 5) is 0. The van der Waals surface area contributed by atoms with Crippen LogP contribution >= 0.6 is 0 Å². The molecule has 17 heavy (non-hydrogen) atoms. The highest BCUT2D eigenvalue weighted by atomic mass is 16.5. The second-order valence-corrected chi connectivity index (χ2v) is 3.78. The highest BCUT2D eigenvalue weighted by Gasteiger charge is 2.08. The lowest BCUT2D eigenvalue weighted by atomic mass is 10.2. The largest absolute Gasteiger partial charge is 0.449 e. The molecule has 0 saturated carbocycles. The van der Waals surface area contributed by atoms with Gasteiger partial charge in [-0.05, 0) is 26.0 Å². The molecule has 2 aromatic heterocycles. The molecule has 2 rings (SSSR count). The molecule has 0 aliphatic carbocycles. The molecule has 0 atom stereocenters. The summed E-state index contributed by atoms with van der Waals surface area (Å²) in [5, 5.41) is 15.7. The summed E-state index contributed by atoms with van der Waals surface area (Å²) >= 11 is 0. The van der Waals surface area contributed by atoms with E-state index < -0.39 is 0 Å². The fraction of sp³-hybridized carbons (Fsp3) is 0.333. The van der Waals surface area contributed by atoms with E-state index >= 15 is 0 Å². The fourth-order valence-electron chi connectivity index (χ4n) is 1.60. The lowest BCUT2D eigenvalue weighted by Gasteiger charge is -2.01. The Hall–Kier alpha value is -2.06. The van der Waals surface area contributed by atoms with Gasteiger partial charge in [0.1, 0.15) is 17.6 Å². The molecule has 88 valence electrons. The Bertz CT molecular complexity index is 529. The van der Waals surface area contributed by atoms with Crippen molar-refractivity contribution in [3.63, 3.8) is 0 Å². The van der Waals surface area contributed by atoms with E-state index in [2.05, 4.69) is 10.5 Å². The van der Waals surface area contributed by atoms with E-state index in [9.17, 15) is 0 Å². The SMILES string of the molecule is Cc1noc(C)c1CNCc1ccc(C#N)o1. The fourth-order valence-corrected chi connectivity index (χ4v) is 1.60. The highest BCUT2D eigenvalue weighted by Crippen LogP contribution is 2.12. The first-order valence-electron chi connectivity index (χ1n) is 5.32. The smallest absolute Gasteiger partial charge is 0.203 e. The maximum atomic E-state index is 8.61. The van der Waals surface area contributed by atoms with Gasteiger partial charge in [0.25, 0.3) is 0 Å². The first-order chi connectivity index (χ1) is 8.20. The molecule has 2 heterocycles. The molecule has 0 aromatic carbocycles. The van der Waals surface area contributed by atoms with Gasteiger partial charge < -0.3 is 14.3 Å². The van der Waals surface area contributed by atoms with E-state index in [1.165, 1.54) is 0 Å². The van der Waals surface area contributed by atoms with Gasteiger partial charge >= 0.3 is 0 Å². The number of nitriles is 1. The summed E-state index contributed by atoms with van der Waals surface area (Å²) < 4.78 is 10.3. The van der Waals surface area contributed by atoms with E-state index in [0.717, 1.165) is 22.8 Å². The molecule has 1 N–H and O–H groups in total. The Morgan fingerprint density at radius 2 is 2.18 bits per heavy atom. The van der Waals surface area contributed by atoms with Gasteiger partial charge in [-0.15, -0.1) is 0 Å². The normalized spacial score (nSPS) is 10.4. The maximum Gasteiger partial charge on any atom is 0.203 e. The van der Waals surface area contributed by atoms with Crippen LogP contribution in [0.5, 0.6) is 0 Å². The molecule has 0 fully saturated rings. The molecular formula is C12H13N3O2. The van der Waals surface area contributed by atoms with Crippen molar-refractivity contribution in [3.8, 4) is 6.07 Å². The zero-order valence-corrected chi connectivity index (χ0v) is 9.78. The predicted molar refractivity (Wildman–Crippen MR) is 59.9 cm³/mol. The number of hydrogen-bond acceptors (Lipinski definition) is 5. The first kappa shape index (κ1) is 11.4. The maximum absolute atomic E-state index is 8.61. The van der Waals surface area contributed by atoms with Crippen molar-refractivity contribution in [2.45, 2.75) is 26.9 Å². The van der Waals surface area contributed by atoms with Crippen LogP contribution in [0.4, 0.5) is 0 Å². The van der Waals surface area contributed by atoms with Crippen LogP contribution in [0.25, 0.3) is 0 Å². The number of rotatable bonds is 4. The lowest BCUT2D eigenvalue weighted by molar-refractivity contribution is 0.391. The molecule has 0 aliphatic heterocycles. The number of hydrogen-bond donors (Lipinski definition) is 1. The van der Waals surface area contributed by atoms with Gasteiger partial charge in [0.15, 0.2) is 0 Å². The minimum atomic E-state index is 0.333. The summed E-state index contributed by atoms with van der Waals surface area (Å²) in [6.45, 7) is 5.04. The third-order valence-corrected chi connectivity index (χ3v) is 2.55. The second-order valence-electron chi connectivity index (χ2n) is 3.78. The van der Waals surface area contributed by atoms with Gasteiger partial charge in [0.05, 0.1) is 12.2 Å². The number of aryl methyl sites for hydroxylation is 2. The molecule has 2 aromatic rings. The van der Waals surface area contributed by atoms with Gasteiger partial charge in [0, 0.05) is 12.1 Å². The zero-order chi connectivity index (χ0) is 12.3. The van der Waals surface area contributed by atoms with Crippen LogP contribution in [-0.4, -0.2) is 5.16 Å². The van der Waals surface area contributed by atoms with Crippen LogP contribution in [-0.2, 0) is 13.1 Å². The highest BCUT2D eigenvalue weighted by molar-refractivity contribution is 5.21. The molecule has 0 saturated heterocycles. The van der Waals surface area contributed by atoms with Crippen LogP contribution < -0.4 is 5.32 Å². The van der Waals surface area contributed by atoms with E-state index in [1.54, 1.807) is 12.1 Å². The van der Waals surface area contributed by atoms with Crippen LogP contribution in [0.3, 0.4) is 0 Å². The minimum Gasteiger partial charge on any atom is -0.449 e. The number of nitrogens with one attached hydrogen (secondary N) is 1. The average Bonchev–Trinajstić information content (AvgIpc) is 2.90. The topological polar surface area (TPSA) is 75.0 Å². The quantitative estimate of drug-likeness (QED) is 0.871. The molecule has 0 aliphatic rings. The summed E-state index contributed by atoms with van der Waals surface area (Å²) in [5.41, 5.74) is 1.96. The van der Waals surface area contributed by atoms with Gasteiger partial charge in [-0.25, -0.2) is 0 Å². The Morgan fingerprint density at radius 1 is 1.35 bits per heavy atom. The van der Waals surface area contributed by atoms with E-state index in [4.69, 9.17) is 14.2 Å². The van der Waals surface area contributed by atoms with Crippen LogP contribution in [0.2, 0.25) is 0 Å². The predicted octanol–water partition coefficient (Wildman–Crippen LogP) is 2.05. The zero-order valence-electron chi connectivity index (χ0n) is 9.78. The monoisotopic (exact) mass is 231 g/mol. The molecule has 5 heteroatoms. The van der Waals surface area contributed by atoms with Gasteiger partial charge in [-0.1, -0.05) is 5.16 Å².